The molecule has 0 fully saturated rings. The molecule has 19 heavy (non-hydrogen) atoms. The summed E-state index contributed by atoms with van der Waals surface area (Å²) in [6, 6.07) is 9.03. The lowest BCUT2D eigenvalue weighted by atomic mass is 9.89. The van der Waals surface area contributed by atoms with Gasteiger partial charge < -0.3 is 0 Å². The summed E-state index contributed by atoms with van der Waals surface area (Å²) in [6.07, 6.45) is 4.65. The highest BCUT2D eigenvalue weighted by molar-refractivity contribution is 5.68. The number of unbranched alkanes of at least 4 members (excludes halogenated alkanes) is 2. The fourth-order valence-corrected chi connectivity index (χ4v) is 1.71. The van der Waals surface area contributed by atoms with Gasteiger partial charge in [0.2, 0.25) is 0 Å². The van der Waals surface area contributed by atoms with E-state index in [-0.39, 0.29) is 5.97 Å². The molecule has 0 spiro atoms. The Morgan fingerprint density at radius 2 is 1.74 bits per heavy atom. The van der Waals surface area contributed by atoms with Gasteiger partial charge in [-0.05, 0) is 30.4 Å². The van der Waals surface area contributed by atoms with E-state index in [2.05, 4.69) is 20.8 Å². The molecule has 1 rings (SSSR count). The SMILES string of the molecule is CC(C)(C)CCCCCC(=O)OOc1ccccc1. The Morgan fingerprint density at radius 1 is 1.05 bits per heavy atom. The van der Waals surface area contributed by atoms with E-state index in [9.17, 15) is 4.79 Å². The monoisotopic (exact) mass is 264 g/mol. The molecule has 0 unspecified atom stereocenters. The number of hydrogen-bond donors (Lipinski definition) is 0. The zero-order valence-corrected chi connectivity index (χ0v) is 12.1. The van der Waals surface area contributed by atoms with Crippen LogP contribution in [0.1, 0.15) is 52.9 Å². The molecule has 0 amide bonds. The van der Waals surface area contributed by atoms with Crippen LogP contribution in [0.3, 0.4) is 0 Å². The molecule has 3 nitrogen and oxygen atoms in total. The average Bonchev–Trinajstić information content (AvgIpc) is 2.36. The zero-order valence-electron chi connectivity index (χ0n) is 12.1. The Kier molecular flexibility index (Phi) is 6.40. The first-order chi connectivity index (χ1) is 8.97. The van der Waals surface area contributed by atoms with Crippen molar-refractivity contribution in [1.82, 2.24) is 0 Å². The summed E-state index contributed by atoms with van der Waals surface area (Å²) in [5.74, 6) is 0.239. The first-order valence-electron chi connectivity index (χ1n) is 6.90. The maximum absolute atomic E-state index is 11.4. The molecule has 0 saturated heterocycles. The van der Waals surface area contributed by atoms with E-state index in [1.807, 2.05) is 18.2 Å². The molecule has 0 aliphatic rings. The van der Waals surface area contributed by atoms with Crippen LogP contribution >= 0.6 is 0 Å². The summed E-state index contributed by atoms with van der Waals surface area (Å²) in [5.41, 5.74) is 0.372. The molecule has 1 aromatic rings. The predicted octanol–water partition coefficient (Wildman–Crippen LogP) is 4.52. The van der Waals surface area contributed by atoms with Crippen LogP contribution in [0, 0.1) is 5.41 Å². The second-order valence-corrected chi connectivity index (χ2v) is 5.97. The molecule has 106 valence electrons. The van der Waals surface area contributed by atoms with E-state index in [0.717, 1.165) is 19.3 Å². The van der Waals surface area contributed by atoms with Gasteiger partial charge in [0.05, 0.1) is 6.42 Å². The van der Waals surface area contributed by atoms with Crippen molar-refractivity contribution in [3.63, 3.8) is 0 Å². The van der Waals surface area contributed by atoms with Gasteiger partial charge in [-0.25, -0.2) is 4.79 Å². The average molecular weight is 264 g/mol. The summed E-state index contributed by atoms with van der Waals surface area (Å²) in [4.78, 5) is 21.1. The number of benzene rings is 1. The second-order valence-electron chi connectivity index (χ2n) is 5.97. The first kappa shape index (κ1) is 15.5. The third-order valence-corrected chi connectivity index (χ3v) is 2.78. The molecular formula is C16H24O3. The van der Waals surface area contributed by atoms with Gasteiger partial charge in [-0.3, -0.25) is 9.78 Å². The zero-order chi connectivity index (χ0) is 14.1. The van der Waals surface area contributed by atoms with Gasteiger partial charge in [-0.1, -0.05) is 51.8 Å². The van der Waals surface area contributed by atoms with Crippen molar-refractivity contribution in [1.29, 1.82) is 0 Å². The molecule has 0 aliphatic heterocycles. The van der Waals surface area contributed by atoms with Crippen LogP contribution in [0.15, 0.2) is 30.3 Å². The lowest BCUT2D eigenvalue weighted by molar-refractivity contribution is -0.213. The third kappa shape index (κ3) is 8.25. The minimum Gasteiger partial charge on any atom is -0.287 e. The molecule has 0 radical (unpaired) electrons. The molecule has 0 atom stereocenters. The van der Waals surface area contributed by atoms with Crippen LogP contribution in [0.25, 0.3) is 0 Å². The van der Waals surface area contributed by atoms with E-state index in [4.69, 9.17) is 9.78 Å². The van der Waals surface area contributed by atoms with Crippen LogP contribution in [-0.2, 0) is 9.68 Å². The highest BCUT2D eigenvalue weighted by Gasteiger charge is 2.10. The van der Waals surface area contributed by atoms with E-state index in [0.29, 0.717) is 17.6 Å². The van der Waals surface area contributed by atoms with Crippen LogP contribution < -0.4 is 4.89 Å². The Morgan fingerprint density at radius 3 is 2.37 bits per heavy atom. The molecule has 0 heterocycles. The van der Waals surface area contributed by atoms with Crippen molar-refractivity contribution in [3.8, 4) is 5.75 Å². The van der Waals surface area contributed by atoms with Crippen molar-refractivity contribution >= 4 is 5.97 Å². The fraction of sp³-hybridized carbons (Fsp3) is 0.562. The summed E-state index contributed by atoms with van der Waals surface area (Å²) < 4.78 is 0. The highest BCUT2D eigenvalue weighted by Crippen LogP contribution is 2.22. The van der Waals surface area contributed by atoms with Crippen molar-refractivity contribution in [2.45, 2.75) is 52.9 Å². The van der Waals surface area contributed by atoms with Gasteiger partial charge in [0, 0.05) is 0 Å². The van der Waals surface area contributed by atoms with Crippen LogP contribution in [0.5, 0.6) is 5.75 Å². The van der Waals surface area contributed by atoms with Crippen LogP contribution in [-0.4, -0.2) is 5.97 Å². The molecule has 3 heteroatoms. The van der Waals surface area contributed by atoms with Gasteiger partial charge in [0.15, 0.2) is 5.75 Å². The third-order valence-electron chi connectivity index (χ3n) is 2.78. The Labute approximate surface area is 115 Å². The number of para-hydroxylation sites is 1. The van der Waals surface area contributed by atoms with Crippen LogP contribution in [0.2, 0.25) is 0 Å². The fourth-order valence-electron chi connectivity index (χ4n) is 1.71. The first-order valence-corrected chi connectivity index (χ1v) is 6.90. The van der Waals surface area contributed by atoms with Gasteiger partial charge in [0.1, 0.15) is 0 Å². The van der Waals surface area contributed by atoms with Crippen molar-refractivity contribution < 1.29 is 14.6 Å². The van der Waals surface area contributed by atoms with Gasteiger partial charge in [0.25, 0.3) is 0 Å². The number of carbonyl (C=O) groups is 1. The lowest BCUT2D eigenvalue weighted by Gasteiger charge is -2.17. The highest BCUT2D eigenvalue weighted by atomic mass is 17.2. The smallest absolute Gasteiger partial charge is 0.287 e. The van der Waals surface area contributed by atoms with E-state index < -0.39 is 0 Å². The standard InChI is InChI=1S/C16H24O3/c1-16(2,3)13-9-5-8-12-15(17)19-18-14-10-6-4-7-11-14/h4,6-7,10-11H,5,8-9,12-13H2,1-3H3. The summed E-state index contributed by atoms with van der Waals surface area (Å²) in [6.45, 7) is 6.69. The molecular weight excluding hydrogens is 240 g/mol. The summed E-state index contributed by atoms with van der Waals surface area (Å²) in [7, 11) is 0. The number of carbonyl (C=O) groups excluding carboxylic acids is 1. The minimum absolute atomic E-state index is 0.306. The summed E-state index contributed by atoms with van der Waals surface area (Å²) >= 11 is 0. The largest absolute Gasteiger partial charge is 0.355 e. The molecule has 1 aromatic carbocycles. The predicted molar refractivity (Wildman–Crippen MR) is 75.7 cm³/mol. The summed E-state index contributed by atoms with van der Waals surface area (Å²) in [5, 5.41) is 0. The molecule has 0 bridgehead atoms. The second kappa shape index (κ2) is 7.82. The normalized spacial score (nSPS) is 11.1. The van der Waals surface area contributed by atoms with Gasteiger partial charge in [-0.2, -0.15) is 0 Å². The Hall–Kier alpha value is -1.51. The lowest BCUT2D eigenvalue weighted by Crippen LogP contribution is -2.08. The van der Waals surface area contributed by atoms with E-state index >= 15 is 0 Å². The van der Waals surface area contributed by atoms with Crippen LogP contribution in [0.4, 0.5) is 0 Å². The van der Waals surface area contributed by atoms with Crippen molar-refractivity contribution in [3.05, 3.63) is 30.3 Å². The quantitative estimate of drug-likeness (QED) is 0.412. The number of rotatable bonds is 7. The maximum atomic E-state index is 11.4. The van der Waals surface area contributed by atoms with E-state index in [1.165, 1.54) is 6.42 Å². The van der Waals surface area contributed by atoms with E-state index in [1.54, 1.807) is 12.1 Å². The maximum Gasteiger partial charge on any atom is 0.355 e. The molecule has 0 aromatic heterocycles. The topological polar surface area (TPSA) is 35.5 Å². The Balaban J connectivity index is 2.06. The molecule has 0 N–H and O–H groups in total. The van der Waals surface area contributed by atoms with Gasteiger partial charge >= 0.3 is 5.97 Å². The van der Waals surface area contributed by atoms with Crippen molar-refractivity contribution in [2.24, 2.45) is 5.41 Å². The Bertz CT molecular complexity index is 365. The molecule has 0 saturated carbocycles. The van der Waals surface area contributed by atoms with Crippen molar-refractivity contribution in [2.75, 3.05) is 0 Å². The molecule has 0 aliphatic carbocycles. The minimum atomic E-state index is -0.306. The number of hydrogen-bond acceptors (Lipinski definition) is 3. The van der Waals surface area contributed by atoms with Gasteiger partial charge in [-0.15, -0.1) is 0 Å².